The van der Waals surface area contributed by atoms with Crippen molar-refractivity contribution in [3.8, 4) is 5.75 Å². The highest BCUT2D eigenvalue weighted by molar-refractivity contribution is 5.95. The standard InChI is InChI=1S/C21H27NO2/c1-12-9-15(4)20(16(5)10-12)22-21(23)18(7)24-19-11-13(2)8-14(3)17(19)6/h8-11,18H,1-7H3,(H,22,23). The molecule has 0 fully saturated rings. The van der Waals surface area contributed by atoms with Gasteiger partial charge in [-0.15, -0.1) is 0 Å². The number of hydrogen-bond acceptors (Lipinski definition) is 2. The molecule has 24 heavy (non-hydrogen) atoms. The van der Waals surface area contributed by atoms with E-state index in [4.69, 9.17) is 4.74 Å². The molecule has 0 heterocycles. The van der Waals surface area contributed by atoms with E-state index in [2.05, 4.69) is 37.4 Å². The first-order valence-corrected chi connectivity index (χ1v) is 8.32. The fourth-order valence-electron chi connectivity index (χ4n) is 2.97. The van der Waals surface area contributed by atoms with Crippen LogP contribution in [0.25, 0.3) is 0 Å². The lowest BCUT2D eigenvalue weighted by Crippen LogP contribution is -2.31. The average molecular weight is 325 g/mol. The van der Waals surface area contributed by atoms with Crippen LogP contribution in [0.2, 0.25) is 0 Å². The molecule has 0 aliphatic rings. The van der Waals surface area contributed by atoms with Crippen LogP contribution in [-0.4, -0.2) is 12.0 Å². The molecule has 0 aliphatic heterocycles. The normalized spacial score (nSPS) is 12.0. The monoisotopic (exact) mass is 325 g/mol. The number of rotatable bonds is 4. The second-order valence-electron chi connectivity index (χ2n) is 6.73. The predicted molar refractivity (Wildman–Crippen MR) is 100 cm³/mol. The molecule has 0 bridgehead atoms. The van der Waals surface area contributed by atoms with Gasteiger partial charge in [0.2, 0.25) is 0 Å². The minimum Gasteiger partial charge on any atom is -0.481 e. The van der Waals surface area contributed by atoms with E-state index in [1.165, 1.54) is 11.1 Å². The molecular formula is C21H27NO2. The summed E-state index contributed by atoms with van der Waals surface area (Å²) in [6.45, 7) is 14.0. The Morgan fingerprint density at radius 1 is 0.875 bits per heavy atom. The molecule has 1 N–H and O–H groups in total. The van der Waals surface area contributed by atoms with E-state index in [-0.39, 0.29) is 5.91 Å². The number of carbonyl (C=O) groups excluding carboxylic acids is 1. The van der Waals surface area contributed by atoms with Gasteiger partial charge >= 0.3 is 0 Å². The van der Waals surface area contributed by atoms with E-state index >= 15 is 0 Å². The molecule has 3 heteroatoms. The second kappa shape index (κ2) is 7.08. The number of nitrogens with one attached hydrogen (secondary N) is 1. The number of ether oxygens (including phenoxy) is 1. The van der Waals surface area contributed by atoms with Crippen LogP contribution >= 0.6 is 0 Å². The van der Waals surface area contributed by atoms with E-state index in [9.17, 15) is 4.79 Å². The third-order valence-corrected chi connectivity index (χ3v) is 4.36. The summed E-state index contributed by atoms with van der Waals surface area (Å²) in [5.41, 5.74) is 7.57. The highest BCUT2D eigenvalue weighted by Gasteiger charge is 2.18. The van der Waals surface area contributed by atoms with Crippen LogP contribution in [0.15, 0.2) is 24.3 Å². The zero-order valence-corrected chi connectivity index (χ0v) is 15.7. The van der Waals surface area contributed by atoms with Gasteiger partial charge in [0, 0.05) is 5.69 Å². The van der Waals surface area contributed by atoms with Crippen LogP contribution in [0.4, 0.5) is 5.69 Å². The minimum atomic E-state index is -0.565. The summed E-state index contributed by atoms with van der Waals surface area (Å²) in [5, 5.41) is 3.01. The predicted octanol–water partition coefficient (Wildman–Crippen LogP) is 4.94. The van der Waals surface area contributed by atoms with Crippen LogP contribution in [0.3, 0.4) is 0 Å². The maximum atomic E-state index is 12.6. The molecule has 2 rings (SSSR count). The van der Waals surface area contributed by atoms with Gasteiger partial charge in [0.05, 0.1) is 0 Å². The molecule has 0 spiro atoms. The highest BCUT2D eigenvalue weighted by atomic mass is 16.5. The third kappa shape index (κ3) is 3.97. The van der Waals surface area contributed by atoms with E-state index in [1.807, 2.05) is 33.8 Å². The second-order valence-corrected chi connectivity index (χ2v) is 6.73. The summed E-state index contributed by atoms with van der Waals surface area (Å²) < 4.78 is 5.93. The van der Waals surface area contributed by atoms with Crippen molar-refractivity contribution in [2.75, 3.05) is 5.32 Å². The number of anilines is 1. The largest absolute Gasteiger partial charge is 0.481 e. The van der Waals surface area contributed by atoms with E-state index in [0.717, 1.165) is 33.7 Å². The SMILES string of the molecule is Cc1cc(C)c(NC(=O)C(C)Oc2cc(C)cc(C)c2C)c(C)c1. The van der Waals surface area contributed by atoms with Crippen molar-refractivity contribution >= 4 is 11.6 Å². The summed E-state index contributed by atoms with van der Waals surface area (Å²) in [4.78, 5) is 12.6. The van der Waals surface area contributed by atoms with Gasteiger partial charge in [-0.25, -0.2) is 0 Å². The first-order valence-electron chi connectivity index (χ1n) is 8.32. The number of aryl methyl sites for hydroxylation is 5. The highest BCUT2D eigenvalue weighted by Crippen LogP contribution is 2.25. The van der Waals surface area contributed by atoms with Crippen molar-refractivity contribution in [1.82, 2.24) is 0 Å². The van der Waals surface area contributed by atoms with Crippen molar-refractivity contribution in [3.05, 3.63) is 57.6 Å². The van der Waals surface area contributed by atoms with Crippen molar-refractivity contribution in [2.45, 2.75) is 54.6 Å². The molecule has 0 radical (unpaired) electrons. The fraction of sp³-hybridized carbons (Fsp3) is 0.381. The van der Waals surface area contributed by atoms with Gasteiger partial charge in [-0.2, -0.15) is 0 Å². The summed E-state index contributed by atoms with van der Waals surface area (Å²) >= 11 is 0. The Balaban J connectivity index is 2.17. The first kappa shape index (κ1) is 18.1. The molecule has 0 aliphatic carbocycles. The van der Waals surface area contributed by atoms with Crippen LogP contribution < -0.4 is 10.1 Å². The Labute approximate surface area is 145 Å². The first-order chi connectivity index (χ1) is 11.2. The molecular weight excluding hydrogens is 298 g/mol. The Morgan fingerprint density at radius 2 is 1.38 bits per heavy atom. The van der Waals surface area contributed by atoms with Gasteiger partial charge in [-0.3, -0.25) is 4.79 Å². The molecule has 2 aromatic carbocycles. The fourth-order valence-corrected chi connectivity index (χ4v) is 2.97. The summed E-state index contributed by atoms with van der Waals surface area (Å²) in [5.74, 6) is 0.635. The van der Waals surface area contributed by atoms with Crippen molar-refractivity contribution in [1.29, 1.82) is 0 Å². The molecule has 0 aromatic heterocycles. The number of amides is 1. The maximum absolute atomic E-state index is 12.6. The van der Waals surface area contributed by atoms with Gasteiger partial charge in [0.15, 0.2) is 6.10 Å². The average Bonchev–Trinajstić information content (AvgIpc) is 2.47. The number of benzene rings is 2. The molecule has 1 unspecified atom stereocenters. The molecule has 1 amide bonds. The Bertz CT molecular complexity index is 755. The van der Waals surface area contributed by atoms with Crippen LogP contribution in [0.5, 0.6) is 5.75 Å². The third-order valence-electron chi connectivity index (χ3n) is 4.36. The Hall–Kier alpha value is -2.29. The smallest absolute Gasteiger partial charge is 0.265 e. The summed E-state index contributed by atoms with van der Waals surface area (Å²) in [7, 11) is 0. The maximum Gasteiger partial charge on any atom is 0.265 e. The molecule has 2 aromatic rings. The summed E-state index contributed by atoms with van der Waals surface area (Å²) in [6, 6.07) is 8.24. The zero-order valence-electron chi connectivity index (χ0n) is 15.7. The lowest BCUT2D eigenvalue weighted by atomic mass is 10.0. The lowest BCUT2D eigenvalue weighted by Gasteiger charge is -2.19. The van der Waals surface area contributed by atoms with E-state index in [1.54, 1.807) is 6.92 Å². The van der Waals surface area contributed by atoms with Gasteiger partial charge in [-0.05, 0) is 82.3 Å². The van der Waals surface area contributed by atoms with Gasteiger partial charge in [0.1, 0.15) is 5.75 Å². The van der Waals surface area contributed by atoms with E-state index < -0.39 is 6.10 Å². The van der Waals surface area contributed by atoms with E-state index in [0.29, 0.717) is 0 Å². The van der Waals surface area contributed by atoms with Gasteiger partial charge < -0.3 is 10.1 Å². The van der Waals surface area contributed by atoms with Crippen molar-refractivity contribution in [3.63, 3.8) is 0 Å². The number of carbonyl (C=O) groups is 1. The van der Waals surface area contributed by atoms with Crippen LogP contribution in [-0.2, 0) is 4.79 Å². The molecule has 0 saturated carbocycles. The van der Waals surface area contributed by atoms with Gasteiger partial charge in [-0.1, -0.05) is 23.8 Å². The Kier molecular flexibility index (Phi) is 5.33. The van der Waals surface area contributed by atoms with Crippen molar-refractivity contribution in [2.24, 2.45) is 0 Å². The minimum absolute atomic E-state index is 0.136. The molecule has 3 nitrogen and oxygen atoms in total. The zero-order chi connectivity index (χ0) is 18.0. The molecule has 128 valence electrons. The van der Waals surface area contributed by atoms with Crippen LogP contribution in [0.1, 0.15) is 40.3 Å². The number of hydrogen-bond donors (Lipinski definition) is 1. The van der Waals surface area contributed by atoms with Crippen LogP contribution in [0, 0.1) is 41.5 Å². The lowest BCUT2D eigenvalue weighted by molar-refractivity contribution is -0.122. The quantitative estimate of drug-likeness (QED) is 0.864. The Morgan fingerprint density at radius 3 is 1.96 bits per heavy atom. The van der Waals surface area contributed by atoms with Gasteiger partial charge in [0.25, 0.3) is 5.91 Å². The summed E-state index contributed by atoms with van der Waals surface area (Å²) in [6.07, 6.45) is -0.565. The van der Waals surface area contributed by atoms with Crippen molar-refractivity contribution < 1.29 is 9.53 Å². The molecule has 0 saturated heterocycles. The topological polar surface area (TPSA) is 38.3 Å². The molecule has 1 atom stereocenters.